The zero-order chi connectivity index (χ0) is 17.6. The van der Waals surface area contributed by atoms with Crippen molar-refractivity contribution >= 4 is 17.4 Å². The van der Waals surface area contributed by atoms with Gasteiger partial charge in [0.1, 0.15) is 23.2 Å². The van der Waals surface area contributed by atoms with Gasteiger partial charge in [-0.2, -0.15) is 0 Å². The number of hydrogen-bond donors (Lipinski definition) is 2. The molecule has 2 aromatic heterocycles. The summed E-state index contributed by atoms with van der Waals surface area (Å²) in [7, 11) is 0. The van der Waals surface area contributed by atoms with Crippen LogP contribution in [0.2, 0.25) is 0 Å². The third kappa shape index (κ3) is 4.57. The van der Waals surface area contributed by atoms with Crippen LogP contribution in [-0.2, 0) is 6.54 Å². The van der Waals surface area contributed by atoms with Crippen LogP contribution in [0.5, 0.6) is 0 Å². The monoisotopic (exact) mass is 337 g/mol. The number of carbonyl (C=O) groups excluding carboxylic acids is 1. The Bertz CT molecular complexity index is 886. The molecular weight excluding hydrogens is 321 g/mol. The van der Waals surface area contributed by atoms with Crippen LogP contribution in [0.25, 0.3) is 0 Å². The van der Waals surface area contributed by atoms with E-state index in [0.717, 1.165) is 5.56 Å². The Morgan fingerprint density at radius 3 is 2.68 bits per heavy atom. The van der Waals surface area contributed by atoms with Crippen molar-refractivity contribution in [3.63, 3.8) is 0 Å². The second kappa shape index (κ2) is 7.48. The number of amides is 1. The first kappa shape index (κ1) is 16.5. The minimum Gasteiger partial charge on any atom is -0.366 e. The van der Waals surface area contributed by atoms with Gasteiger partial charge in [0.2, 0.25) is 0 Å². The van der Waals surface area contributed by atoms with E-state index in [4.69, 9.17) is 0 Å². The van der Waals surface area contributed by atoms with Crippen LogP contribution >= 0.6 is 0 Å². The quantitative estimate of drug-likeness (QED) is 0.747. The van der Waals surface area contributed by atoms with Gasteiger partial charge in [0.15, 0.2) is 0 Å². The summed E-state index contributed by atoms with van der Waals surface area (Å²) in [5, 5.41) is 5.77. The highest BCUT2D eigenvalue weighted by molar-refractivity contribution is 6.03. The van der Waals surface area contributed by atoms with Crippen LogP contribution in [0.15, 0.2) is 54.9 Å². The lowest BCUT2D eigenvalue weighted by atomic mass is 10.2. The average molecular weight is 337 g/mol. The first-order valence-electron chi connectivity index (χ1n) is 7.65. The fraction of sp³-hybridized carbons (Fsp3) is 0.111. The number of benzene rings is 1. The van der Waals surface area contributed by atoms with Crippen LogP contribution in [0, 0.1) is 12.7 Å². The summed E-state index contributed by atoms with van der Waals surface area (Å²) in [6.07, 6.45) is 3.42. The maximum atomic E-state index is 13.2. The summed E-state index contributed by atoms with van der Waals surface area (Å²) in [6, 6.07) is 11.0. The molecule has 1 aromatic carbocycles. The molecule has 0 aliphatic carbocycles. The van der Waals surface area contributed by atoms with E-state index >= 15 is 0 Å². The van der Waals surface area contributed by atoms with Crippen molar-refractivity contribution < 1.29 is 9.18 Å². The molecule has 0 saturated carbocycles. The number of carbonyl (C=O) groups is 1. The highest BCUT2D eigenvalue weighted by atomic mass is 19.1. The van der Waals surface area contributed by atoms with Crippen LogP contribution < -0.4 is 10.6 Å². The molecule has 0 fully saturated rings. The van der Waals surface area contributed by atoms with E-state index in [0.29, 0.717) is 23.9 Å². The van der Waals surface area contributed by atoms with Gasteiger partial charge in [-0.05, 0) is 42.8 Å². The highest BCUT2D eigenvalue weighted by Gasteiger charge is 2.11. The zero-order valence-corrected chi connectivity index (χ0v) is 13.5. The van der Waals surface area contributed by atoms with E-state index in [-0.39, 0.29) is 5.69 Å². The number of halogens is 1. The molecule has 0 bridgehead atoms. The molecule has 2 heterocycles. The fourth-order valence-corrected chi connectivity index (χ4v) is 2.23. The first-order chi connectivity index (χ1) is 12.1. The van der Waals surface area contributed by atoms with Crippen LogP contribution in [0.1, 0.15) is 21.9 Å². The molecule has 3 rings (SSSR count). The first-order valence-corrected chi connectivity index (χ1v) is 7.65. The highest BCUT2D eigenvalue weighted by Crippen LogP contribution is 2.13. The maximum Gasteiger partial charge on any atom is 0.274 e. The molecule has 0 saturated heterocycles. The molecule has 6 nitrogen and oxygen atoms in total. The average Bonchev–Trinajstić information content (AvgIpc) is 2.60. The maximum absolute atomic E-state index is 13.2. The molecule has 0 radical (unpaired) electrons. The smallest absolute Gasteiger partial charge is 0.274 e. The van der Waals surface area contributed by atoms with Gasteiger partial charge in [0.25, 0.3) is 5.91 Å². The van der Waals surface area contributed by atoms with Gasteiger partial charge in [-0.25, -0.2) is 14.4 Å². The number of nitrogens with one attached hydrogen (secondary N) is 2. The number of rotatable bonds is 5. The van der Waals surface area contributed by atoms with Gasteiger partial charge < -0.3 is 10.6 Å². The second-order valence-corrected chi connectivity index (χ2v) is 5.36. The largest absolute Gasteiger partial charge is 0.366 e. The topological polar surface area (TPSA) is 79.8 Å². The van der Waals surface area contributed by atoms with Gasteiger partial charge in [0.05, 0.1) is 0 Å². The molecule has 0 aliphatic heterocycles. The van der Waals surface area contributed by atoms with E-state index in [9.17, 15) is 9.18 Å². The van der Waals surface area contributed by atoms with Crippen molar-refractivity contribution in [2.24, 2.45) is 0 Å². The van der Waals surface area contributed by atoms with Gasteiger partial charge >= 0.3 is 0 Å². The summed E-state index contributed by atoms with van der Waals surface area (Å²) in [5.74, 6) is 0.150. The number of hydrogen-bond acceptors (Lipinski definition) is 5. The molecule has 0 unspecified atom stereocenters. The van der Waals surface area contributed by atoms with Gasteiger partial charge in [-0.15, -0.1) is 0 Å². The molecule has 7 heteroatoms. The molecule has 3 aromatic rings. The van der Waals surface area contributed by atoms with Crippen molar-refractivity contribution in [2.75, 3.05) is 10.6 Å². The van der Waals surface area contributed by atoms with E-state index in [1.807, 2.05) is 12.1 Å². The number of aromatic nitrogens is 3. The van der Waals surface area contributed by atoms with Crippen molar-refractivity contribution in [1.29, 1.82) is 0 Å². The number of pyridine rings is 1. The van der Waals surface area contributed by atoms with Crippen molar-refractivity contribution in [3.05, 3.63) is 77.8 Å². The summed E-state index contributed by atoms with van der Waals surface area (Å²) in [5.41, 5.74) is 1.61. The summed E-state index contributed by atoms with van der Waals surface area (Å²) >= 11 is 0. The Morgan fingerprint density at radius 2 is 1.92 bits per heavy atom. The van der Waals surface area contributed by atoms with E-state index in [1.165, 1.54) is 18.2 Å². The summed E-state index contributed by atoms with van der Waals surface area (Å²) in [6.45, 7) is 2.25. The third-order valence-electron chi connectivity index (χ3n) is 3.38. The molecule has 1 amide bonds. The standard InChI is InChI=1S/C18H16FN5O/c1-12-22-16(18(25)24-15-4-2-3-14(19)9-15)10-17(23-12)21-11-13-5-7-20-8-6-13/h2-10H,11H2,1H3,(H,24,25)(H,21,22,23). The Kier molecular flexibility index (Phi) is 4.94. The number of nitrogens with zero attached hydrogens (tertiary/aromatic N) is 3. The van der Waals surface area contributed by atoms with E-state index < -0.39 is 11.7 Å². The van der Waals surface area contributed by atoms with Gasteiger partial charge in [-0.3, -0.25) is 9.78 Å². The molecular formula is C18H16FN5O. The van der Waals surface area contributed by atoms with E-state index in [1.54, 1.807) is 31.5 Å². The minimum absolute atomic E-state index is 0.203. The van der Waals surface area contributed by atoms with Crippen LogP contribution in [-0.4, -0.2) is 20.9 Å². The van der Waals surface area contributed by atoms with Gasteiger partial charge in [0, 0.05) is 30.7 Å². The molecule has 0 spiro atoms. The SMILES string of the molecule is Cc1nc(NCc2ccncc2)cc(C(=O)Nc2cccc(F)c2)n1. The number of anilines is 2. The molecule has 0 aliphatic rings. The molecule has 25 heavy (non-hydrogen) atoms. The van der Waals surface area contributed by atoms with E-state index in [2.05, 4.69) is 25.6 Å². The summed E-state index contributed by atoms with van der Waals surface area (Å²) in [4.78, 5) is 24.7. The number of aryl methyl sites for hydroxylation is 1. The van der Waals surface area contributed by atoms with Crippen molar-refractivity contribution in [2.45, 2.75) is 13.5 Å². The molecule has 0 atom stereocenters. The van der Waals surface area contributed by atoms with Crippen molar-refractivity contribution in [3.8, 4) is 0 Å². The summed E-state index contributed by atoms with van der Waals surface area (Å²) < 4.78 is 13.2. The Morgan fingerprint density at radius 1 is 1.12 bits per heavy atom. The Hall–Kier alpha value is -3.35. The van der Waals surface area contributed by atoms with Crippen molar-refractivity contribution in [1.82, 2.24) is 15.0 Å². The van der Waals surface area contributed by atoms with Gasteiger partial charge in [-0.1, -0.05) is 6.07 Å². The molecule has 126 valence electrons. The molecule has 2 N–H and O–H groups in total. The lowest BCUT2D eigenvalue weighted by Crippen LogP contribution is -2.16. The third-order valence-corrected chi connectivity index (χ3v) is 3.38. The lowest BCUT2D eigenvalue weighted by molar-refractivity contribution is 0.102. The van der Waals surface area contributed by atoms with Crippen LogP contribution in [0.3, 0.4) is 0 Å². The second-order valence-electron chi connectivity index (χ2n) is 5.36. The minimum atomic E-state index is -0.428. The predicted octanol–water partition coefficient (Wildman–Crippen LogP) is 3.18. The van der Waals surface area contributed by atoms with Crippen LogP contribution in [0.4, 0.5) is 15.9 Å². The zero-order valence-electron chi connectivity index (χ0n) is 13.5. The lowest BCUT2D eigenvalue weighted by Gasteiger charge is -2.09. The predicted molar refractivity (Wildman–Crippen MR) is 92.7 cm³/mol. The normalized spacial score (nSPS) is 10.3. The Labute approximate surface area is 144 Å². The fourth-order valence-electron chi connectivity index (χ4n) is 2.23. The Balaban J connectivity index is 1.73.